The van der Waals surface area contributed by atoms with Gasteiger partial charge in [0, 0.05) is 18.7 Å². The highest BCUT2D eigenvalue weighted by molar-refractivity contribution is 7.71. The van der Waals surface area contributed by atoms with Crippen LogP contribution in [0.15, 0.2) is 23.0 Å². The summed E-state index contributed by atoms with van der Waals surface area (Å²) in [4.78, 5) is 28.0. The van der Waals surface area contributed by atoms with Crippen LogP contribution < -0.4 is 10.9 Å². The first-order valence-corrected chi connectivity index (χ1v) is 9.17. The number of unbranched alkanes of at least 4 members (excludes halogenated alkanes) is 1. The van der Waals surface area contributed by atoms with E-state index in [1.54, 1.807) is 22.8 Å². The third-order valence-electron chi connectivity index (χ3n) is 4.47. The number of fused-ring (bicyclic) bond motifs is 1. The summed E-state index contributed by atoms with van der Waals surface area (Å²) in [5, 5.41) is 3.40. The highest BCUT2D eigenvalue weighted by Gasteiger charge is 2.18. The van der Waals surface area contributed by atoms with Gasteiger partial charge >= 0.3 is 0 Å². The van der Waals surface area contributed by atoms with Crippen molar-refractivity contribution in [3.63, 3.8) is 0 Å². The molecular weight excluding hydrogens is 338 g/mol. The molecule has 6 nitrogen and oxygen atoms in total. The number of aromatic amines is 1. The van der Waals surface area contributed by atoms with E-state index in [1.165, 1.54) is 0 Å². The number of nitrogens with one attached hydrogen (secondary N) is 2. The molecule has 1 aromatic carbocycles. The summed E-state index contributed by atoms with van der Waals surface area (Å²) in [5.41, 5.74) is 0.958. The topological polar surface area (TPSA) is 76.1 Å². The molecule has 0 aliphatic carbocycles. The zero-order valence-corrected chi connectivity index (χ0v) is 15.2. The number of carbonyl (C=O) groups is 1. The van der Waals surface area contributed by atoms with Crippen molar-refractivity contribution >= 4 is 29.0 Å². The Hall–Kier alpha value is -1.99. The molecule has 0 saturated carbocycles. The highest BCUT2D eigenvalue weighted by atomic mass is 32.1. The second-order valence-corrected chi connectivity index (χ2v) is 6.74. The lowest BCUT2D eigenvalue weighted by atomic mass is 10.1. The van der Waals surface area contributed by atoms with Gasteiger partial charge in [0.15, 0.2) is 4.77 Å². The number of hydrogen-bond acceptors (Lipinski definition) is 4. The van der Waals surface area contributed by atoms with Crippen molar-refractivity contribution in [2.75, 3.05) is 13.2 Å². The minimum atomic E-state index is -0.146. The number of H-pyrrole nitrogens is 1. The van der Waals surface area contributed by atoms with Gasteiger partial charge in [0.05, 0.1) is 23.6 Å². The van der Waals surface area contributed by atoms with Gasteiger partial charge in [-0.15, -0.1) is 0 Å². The number of carbonyl (C=O) groups excluding carboxylic acids is 1. The Labute approximate surface area is 151 Å². The van der Waals surface area contributed by atoms with E-state index in [4.69, 9.17) is 17.0 Å². The molecule has 1 atom stereocenters. The second kappa shape index (κ2) is 7.93. The normalized spacial score (nSPS) is 17.1. The third-order valence-corrected chi connectivity index (χ3v) is 4.79. The van der Waals surface area contributed by atoms with Gasteiger partial charge in [-0.1, -0.05) is 13.3 Å². The quantitative estimate of drug-likeness (QED) is 0.613. The highest BCUT2D eigenvalue weighted by Crippen LogP contribution is 2.15. The minimum Gasteiger partial charge on any atom is -0.376 e. The van der Waals surface area contributed by atoms with Crippen LogP contribution in [0.5, 0.6) is 0 Å². The zero-order chi connectivity index (χ0) is 17.8. The summed E-state index contributed by atoms with van der Waals surface area (Å²) in [6.45, 7) is 3.92. The monoisotopic (exact) mass is 361 g/mol. The smallest absolute Gasteiger partial charge is 0.262 e. The van der Waals surface area contributed by atoms with E-state index in [0.717, 1.165) is 32.3 Å². The van der Waals surface area contributed by atoms with Crippen molar-refractivity contribution in [2.24, 2.45) is 0 Å². The molecule has 1 fully saturated rings. The summed E-state index contributed by atoms with van der Waals surface area (Å²) in [7, 11) is 0. The summed E-state index contributed by atoms with van der Waals surface area (Å²) in [6.07, 6.45) is 3.95. The molecule has 2 aromatic rings. The molecular formula is C18H23N3O3S. The van der Waals surface area contributed by atoms with Gasteiger partial charge < -0.3 is 15.0 Å². The maximum atomic E-state index is 12.7. The molecule has 1 saturated heterocycles. The average molecular weight is 361 g/mol. The van der Waals surface area contributed by atoms with Crippen molar-refractivity contribution in [2.45, 2.75) is 45.3 Å². The summed E-state index contributed by atoms with van der Waals surface area (Å²) in [6, 6.07) is 5.05. The fourth-order valence-electron chi connectivity index (χ4n) is 3.03. The van der Waals surface area contributed by atoms with Crippen LogP contribution >= 0.6 is 12.2 Å². The van der Waals surface area contributed by atoms with Crippen LogP contribution in [0.25, 0.3) is 10.9 Å². The molecule has 0 unspecified atom stereocenters. The van der Waals surface area contributed by atoms with E-state index in [2.05, 4.69) is 17.2 Å². The number of rotatable bonds is 6. The lowest BCUT2D eigenvalue weighted by molar-refractivity contribution is 0.0952. The van der Waals surface area contributed by atoms with Gasteiger partial charge in [-0.25, -0.2) is 0 Å². The first-order valence-electron chi connectivity index (χ1n) is 8.77. The summed E-state index contributed by atoms with van der Waals surface area (Å²) in [5.74, 6) is -0.141. The standard InChI is InChI=1S/C18H23N3O3S/c1-2-3-8-19-16(22)12-6-7-14-15(10-12)20-18(25)21(17(14)23)11-13-5-4-9-24-13/h6-7,10,13H,2-5,8-9,11H2,1H3,(H,19,22)(H,20,25)/t13-/m1/s1. The first kappa shape index (κ1) is 17.8. The molecule has 0 radical (unpaired) electrons. The van der Waals surface area contributed by atoms with Crippen LogP contribution in [0.1, 0.15) is 43.0 Å². The van der Waals surface area contributed by atoms with E-state index >= 15 is 0 Å². The van der Waals surface area contributed by atoms with E-state index < -0.39 is 0 Å². The van der Waals surface area contributed by atoms with E-state index in [0.29, 0.717) is 34.3 Å². The number of amides is 1. The Morgan fingerprint density at radius 3 is 3.04 bits per heavy atom. The predicted octanol–water partition coefficient (Wildman–Crippen LogP) is 2.77. The van der Waals surface area contributed by atoms with E-state index in [-0.39, 0.29) is 17.6 Å². The second-order valence-electron chi connectivity index (χ2n) is 6.35. The van der Waals surface area contributed by atoms with Crippen LogP contribution in [0, 0.1) is 4.77 Å². The SMILES string of the molecule is CCCCNC(=O)c1ccc2c(=O)n(C[C@H]3CCCO3)c(=S)[nH]c2c1. The van der Waals surface area contributed by atoms with E-state index in [9.17, 15) is 9.59 Å². The first-order chi connectivity index (χ1) is 12.1. The molecule has 1 aromatic heterocycles. The lowest BCUT2D eigenvalue weighted by Crippen LogP contribution is -2.28. The van der Waals surface area contributed by atoms with E-state index in [1.807, 2.05) is 0 Å². The molecule has 2 N–H and O–H groups in total. The third kappa shape index (κ3) is 3.99. The molecule has 134 valence electrons. The Morgan fingerprint density at radius 1 is 1.48 bits per heavy atom. The summed E-state index contributed by atoms with van der Waals surface area (Å²) < 4.78 is 7.51. The van der Waals surface area contributed by atoms with Crippen LogP contribution in [-0.2, 0) is 11.3 Å². The van der Waals surface area contributed by atoms with Gasteiger partial charge in [-0.05, 0) is 49.7 Å². The maximum absolute atomic E-state index is 12.7. The van der Waals surface area contributed by atoms with Crippen LogP contribution in [0.4, 0.5) is 0 Å². The molecule has 2 heterocycles. The van der Waals surface area contributed by atoms with Crippen LogP contribution in [0.2, 0.25) is 0 Å². The van der Waals surface area contributed by atoms with Gasteiger partial charge in [0.25, 0.3) is 11.5 Å². The van der Waals surface area contributed by atoms with Crippen molar-refractivity contribution in [1.29, 1.82) is 0 Å². The molecule has 0 spiro atoms. The number of benzene rings is 1. The fourth-order valence-corrected chi connectivity index (χ4v) is 3.30. The molecule has 25 heavy (non-hydrogen) atoms. The predicted molar refractivity (Wildman–Crippen MR) is 99.6 cm³/mol. The molecule has 1 aliphatic heterocycles. The molecule has 1 aliphatic rings. The van der Waals surface area contributed by atoms with Crippen LogP contribution in [-0.4, -0.2) is 34.7 Å². The van der Waals surface area contributed by atoms with Crippen molar-refractivity contribution in [3.05, 3.63) is 38.9 Å². The minimum absolute atomic E-state index is 0.0360. The lowest BCUT2D eigenvalue weighted by Gasteiger charge is -2.13. The van der Waals surface area contributed by atoms with Gasteiger partial charge in [-0.3, -0.25) is 14.2 Å². The Morgan fingerprint density at radius 2 is 2.32 bits per heavy atom. The van der Waals surface area contributed by atoms with Gasteiger partial charge in [0.1, 0.15) is 0 Å². The number of aromatic nitrogens is 2. The molecule has 1 amide bonds. The van der Waals surface area contributed by atoms with Crippen LogP contribution in [0.3, 0.4) is 0 Å². The number of nitrogens with zero attached hydrogens (tertiary/aromatic N) is 1. The zero-order valence-electron chi connectivity index (χ0n) is 14.3. The molecule has 0 bridgehead atoms. The van der Waals surface area contributed by atoms with Gasteiger partial charge in [0.2, 0.25) is 0 Å². The van der Waals surface area contributed by atoms with Crippen molar-refractivity contribution in [3.8, 4) is 0 Å². The van der Waals surface area contributed by atoms with Gasteiger partial charge in [-0.2, -0.15) is 0 Å². The number of ether oxygens (including phenoxy) is 1. The Kier molecular flexibility index (Phi) is 5.65. The Bertz CT molecular complexity index is 881. The fraction of sp³-hybridized carbons (Fsp3) is 0.500. The molecule has 3 rings (SSSR count). The largest absolute Gasteiger partial charge is 0.376 e. The van der Waals surface area contributed by atoms with Crippen molar-refractivity contribution in [1.82, 2.24) is 14.9 Å². The Balaban J connectivity index is 1.89. The average Bonchev–Trinajstić information content (AvgIpc) is 3.11. The van der Waals surface area contributed by atoms with Crippen molar-refractivity contribution < 1.29 is 9.53 Å². The number of hydrogen-bond donors (Lipinski definition) is 2. The molecule has 7 heteroatoms. The summed E-state index contributed by atoms with van der Waals surface area (Å²) >= 11 is 5.35. The maximum Gasteiger partial charge on any atom is 0.262 e.